The third-order valence-corrected chi connectivity index (χ3v) is 6.73. The summed E-state index contributed by atoms with van der Waals surface area (Å²) in [4.78, 5) is 0. The van der Waals surface area contributed by atoms with Crippen LogP contribution in [0.5, 0.6) is 0 Å². The Labute approximate surface area is 117 Å². The lowest BCUT2D eigenvalue weighted by molar-refractivity contribution is 0.342. The number of hydrogen-bond acceptors (Lipinski definition) is 0. The van der Waals surface area contributed by atoms with E-state index in [2.05, 4.69) is 72.9 Å². The third-order valence-electron chi connectivity index (χ3n) is 3.20. The number of alkyl halides is 2. The molecule has 0 N–H and O–H groups in total. The molecule has 0 fully saturated rings. The van der Waals surface area contributed by atoms with Crippen molar-refractivity contribution in [3.05, 3.63) is 0 Å². The molecule has 1 atom stereocenters. The molecule has 1 unspecified atom stereocenters. The van der Waals surface area contributed by atoms with Crippen molar-refractivity contribution in [2.45, 2.75) is 61.2 Å². The van der Waals surface area contributed by atoms with Crippen LogP contribution in [0.2, 0.25) is 0 Å². The van der Waals surface area contributed by atoms with E-state index in [9.17, 15) is 0 Å². The van der Waals surface area contributed by atoms with Crippen molar-refractivity contribution in [1.29, 1.82) is 0 Å². The minimum Gasteiger partial charge on any atom is -0.0666 e. The van der Waals surface area contributed by atoms with Gasteiger partial charge in [0.2, 0.25) is 0 Å². The fourth-order valence-electron chi connectivity index (χ4n) is 2.18. The van der Waals surface area contributed by atoms with Gasteiger partial charge in [0.1, 0.15) is 0 Å². The van der Waals surface area contributed by atoms with E-state index >= 15 is 0 Å². The van der Waals surface area contributed by atoms with Gasteiger partial charge in [-0.3, -0.25) is 0 Å². The molecule has 0 aliphatic heterocycles. The lowest BCUT2D eigenvalue weighted by Gasteiger charge is -2.36. The lowest BCUT2D eigenvalue weighted by atomic mass is 9.86. The zero-order valence-corrected chi connectivity index (χ0v) is 14.3. The first kappa shape index (κ1) is 15.5. The summed E-state index contributed by atoms with van der Waals surface area (Å²) in [5.41, 5.74) is 0. The summed E-state index contributed by atoms with van der Waals surface area (Å²) in [6.45, 7) is 9.31. The van der Waals surface area contributed by atoms with Gasteiger partial charge in [0.05, 0.1) is 1.43 Å². The van der Waals surface area contributed by atoms with E-state index in [0.29, 0.717) is 1.43 Å². The summed E-state index contributed by atoms with van der Waals surface area (Å²) in [7, 11) is 0. The highest BCUT2D eigenvalue weighted by atomic mass is 127. The zero-order chi connectivity index (χ0) is 11.2. The Morgan fingerprint density at radius 2 is 1.29 bits per heavy atom. The second-order valence-electron chi connectivity index (χ2n) is 4.08. The number of hydrogen-bond donors (Lipinski definition) is 0. The molecule has 0 heterocycles. The Hall–Kier alpha value is 1.46. The van der Waals surface area contributed by atoms with Crippen molar-refractivity contribution < 1.29 is 0 Å². The summed E-state index contributed by atoms with van der Waals surface area (Å²) in [5.74, 6) is 1.76. The van der Waals surface area contributed by atoms with E-state index in [1.165, 1.54) is 32.1 Å². The van der Waals surface area contributed by atoms with Gasteiger partial charge in [0, 0.05) is 0 Å². The molecule has 0 amide bonds. The van der Waals surface area contributed by atoms with Crippen molar-refractivity contribution in [3.63, 3.8) is 0 Å². The van der Waals surface area contributed by atoms with Gasteiger partial charge < -0.3 is 0 Å². The van der Waals surface area contributed by atoms with Crippen LogP contribution in [-0.4, -0.2) is 1.43 Å². The van der Waals surface area contributed by atoms with E-state index in [1.54, 1.807) is 0 Å². The lowest BCUT2D eigenvalue weighted by Crippen LogP contribution is -2.32. The molecule has 0 aliphatic carbocycles. The predicted octanol–water partition coefficient (Wildman–Crippen LogP) is 5.82. The zero-order valence-electron chi connectivity index (χ0n) is 9.95. The van der Waals surface area contributed by atoms with E-state index in [-0.39, 0.29) is 0 Å². The Morgan fingerprint density at radius 1 is 0.857 bits per heavy atom. The van der Waals surface area contributed by atoms with Crippen LogP contribution < -0.4 is 0 Å². The molecule has 0 radical (unpaired) electrons. The molecule has 0 saturated carbocycles. The number of halogens is 2. The first-order chi connectivity index (χ1) is 6.54. The second-order valence-corrected chi connectivity index (χ2v) is 9.72. The first-order valence-corrected chi connectivity index (χ1v) is 8.07. The topological polar surface area (TPSA) is 0 Å². The molecule has 2 heteroatoms. The van der Waals surface area contributed by atoms with E-state index in [1.807, 2.05) is 0 Å². The molecule has 0 aromatic carbocycles. The van der Waals surface area contributed by atoms with Crippen molar-refractivity contribution in [2.75, 3.05) is 0 Å². The molecular weight excluding hydrogens is 398 g/mol. The largest absolute Gasteiger partial charge is 0.0790 e. The maximum Gasteiger partial charge on any atom is 0.0790 e. The van der Waals surface area contributed by atoms with Gasteiger partial charge >= 0.3 is 0 Å². The van der Waals surface area contributed by atoms with Crippen molar-refractivity contribution in [2.24, 2.45) is 11.8 Å². The quantitative estimate of drug-likeness (QED) is 0.359. The fourth-order valence-corrected chi connectivity index (χ4v) is 5.45. The second kappa shape index (κ2) is 7.69. The number of rotatable bonds is 7. The summed E-state index contributed by atoms with van der Waals surface area (Å²) in [6.07, 6.45) is 6.69. The third kappa shape index (κ3) is 4.14. The van der Waals surface area contributed by atoms with Crippen LogP contribution >= 0.6 is 45.2 Å². The fraction of sp³-hybridized carbons (Fsp3) is 1.00. The van der Waals surface area contributed by atoms with Crippen LogP contribution in [0, 0.1) is 11.8 Å². The molecule has 0 bridgehead atoms. The van der Waals surface area contributed by atoms with Gasteiger partial charge in [-0.15, -0.1) is 0 Å². The molecule has 0 spiro atoms. The van der Waals surface area contributed by atoms with Gasteiger partial charge in [0.15, 0.2) is 0 Å². The van der Waals surface area contributed by atoms with E-state index in [0.717, 1.165) is 11.8 Å². The molecule has 14 heavy (non-hydrogen) atoms. The highest BCUT2D eigenvalue weighted by Crippen LogP contribution is 2.48. The Balaban J connectivity index is 4.51. The van der Waals surface area contributed by atoms with Gasteiger partial charge in [-0.1, -0.05) is 98.6 Å². The van der Waals surface area contributed by atoms with Crippen molar-refractivity contribution in [3.8, 4) is 0 Å². The average Bonchev–Trinajstić information content (AvgIpc) is 2.15. The van der Waals surface area contributed by atoms with E-state index in [4.69, 9.17) is 0 Å². The van der Waals surface area contributed by atoms with Crippen molar-refractivity contribution in [1.82, 2.24) is 0 Å². The molecule has 0 aromatic heterocycles. The summed E-state index contributed by atoms with van der Waals surface area (Å²) < 4.78 is 0.476. The van der Waals surface area contributed by atoms with Gasteiger partial charge in [0.25, 0.3) is 0 Å². The Kier molecular flexibility index (Phi) is 8.49. The molecular formula is C12H24I2. The van der Waals surface area contributed by atoms with Crippen molar-refractivity contribution >= 4 is 45.2 Å². The molecule has 0 saturated heterocycles. The summed E-state index contributed by atoms with van der Waals surface area (Å²) in [5, 5.41) is 0. The average molecular weight is 422 g/mol. The van der Waals surface area contributed by atoms with Crippen LogP contribution in [-0.2, 0) is 0 Å². The van der Waals surface area contributed by atoms with Crippen LogP contribution in [0.4, 0.5) is 0 Å². The highest BCUT2D eigenvalue weighted by molar-refractivity contribution is 14.2. The normalized spacial score (nSPS) is 14.8. The predicted molar refractivity (Wildman–Crippen MR) is 83.5 cm³/mol. The highest BCUT2D eigenvalue weighted by Gasteiger charge is 2.37. The summed E-state index contributed by atoms with van der Waals surface area (Å²) in [6, 6.07) is 0. The maximum atomic E-state index is 2.71. The standard InChI is InChI=1S/C12H24I2/c1-5-9-11(8-4)12(13,14)10(6-2)7-3/h10-11H,5-9H2,1-4H3. The monoisotopic (exact) mass is 422 g/mol. The van der Waals surface area contributed by atoms with Crippen LogP contribution in [0.15, 0.2) is 0 Å². The molecule has 0 aromatic rings. The molecule has 0 rings (SSSR count). The maximum absolute atomic E-state index is 2.71. The van der Waals surface area contributed by atoms with Crippen LogP contribution in [0.25, 0.3) is 0 Å². The van der Waals surface area contributed by atoms with Gasteiger partial charge in [-0.2, -0.15) is 0 Å². The smallest absolute Gasteiger partial charge is 0.0666 e. The Morgan fingerprint density at radius 3 is 1.57 bits per heavy atom. The molecule has 86 valence electrons. The summed E-state index contributed by atoms with van der Waals surface area (Å²) >= 11 is 5.42. The first-order valence-electron chi connectivity index (χ1n) is 5.92. The van der Waals surface area contributed by atoms with Crippen LogP contribution in [0.3, 0.4) is 0 Å². The van der Waals surface area contributed by atoms with Gasteiger partial charge in [-0.05, 0) is 18.3 Å². The molecule has 0 nitrogen and oxygen atoms in total. The van der Waals surface area contributed by atoms with Gasteiger partial charge in [-0.25, -0.2) is 0 Å². The molecule has 0 aliphatic rings. The minimum absolute atomic E-state index is 0.476. The van der Waals surface area contributed by atoms with Crippen LogP contribution in [0.1, 0.15) is 59.8 Å². The SMILES string of the molecule is CCCC(CC)C(I)(I)C(CC)CC. The minimum atomic E-state index is 0.476. The Bertz CT molecular complexity index is 139. The van der Waals surface area contributed by atoms with E-state index < -0.39 is 0 Å².